The van der Waals surface area contributed by atoms with Crippen molar-refractivity contribution in [3.05, 3.63) is 35.9 Å². The van der Waals surface area contributed by atoms with Crippen molar-refractivity contribution in [3.8, 4) is 0 Å². The molecule has 2 saturated carbocycles. The molecule has 1 heterocycles. The Bertz CT molecular complexity index is 759. The molecule has 1 saturated heterocycles. The van der Waals surface area contributed by atoms with E-state index in [9.17, 15) is 9.59 Å². The zero-order valence-electron chi connectivity index (χ0n) is 18.0. The van der Waals surface area contributed by atoms with Crippen LogP contribution < -0.4 is 0 Å². The van der Waals surface area contributed by atoms with Crippen LogP contribution in [0.5, 0.6) is 0 Å². The van der Waals surface area contributed by atoms with E-state index >= 15 is 0 Å². The van der Waals surface area contributed by atoms with E-state index in [2.05, 4.69) is 13.8 Å². The molecule has 4 nitrogen and oxygen atoms in total. The predicted molar refractivity (Wildman–Crippen MR) is 111 cm³/mol. The van der Waals surface area contributed by atoms with E-state index in [0.29, 0.717) is 24.0 Å². The average Bonchev–Trinajstić information content (AvgIpc) is 3.20. The summed E-state index contributed by atoms with van der Waals surface area (Å²) in [7, 11) is 0. The highest BCUT2D eigenvalue weighted by molar-refractivity contribution is 5.83. The lowest BCUT2D eigenvalue weighted by atomic mass is 9.62. The Labute approximate surface area is 174 Å². The molecular weight excluding hydrogens is 364 g/mol. The maximum Gasteiger partial charge on any atom is 0.340 e. The van der Waals surface area contributed by atoms with Crippen molar-refractivity contribution < 1.29 is 19.1 Å². The van der Waals surface area contributed by atoms with Gasteiger partial charge < -0.3 is 9.47 Å². The number of ether oxygens (including phenoxy) is 2. The summed E-state index contributed by atoms with van der Waals surface area (Å²) in [6, 6.07) is 9.64. The van der Waals surface area contributed by atoms with Gasteiger partial charge in [-0.3, -0.25) is 4.79 Å². The van der Waals surface area contributed by atoms with Crippen molar-refractivity contribution in [2.45, 2.75) is 84.0 Å². The van der Waals surface area contributed by atoms with Gasteiger partial charge in [-0.2, -0.15) is 0 Å². The van der Waals surface area contributed by atoms with Crippen LogP contribution in [0.3, 0.4) is 0 Å². The maximum atomic E-state index is 12.5. The number of ketones is 1. The van der Waals surface area contributed by atoms with Crippen LogP contribution in [0.4, 0.5) is 0 Å². The van der Waals surface area contributed by atoms with Crippen molar-refractivity contribution in [2.75, 3.05) is 0 Å². The van der Waals surface area contributed by atoms with Crippen LogP contribution >= 0.6 is 0 Å². The van der Waals surface area contributed by atoms with Crippen molar-refractivity contribution in [1.29, 1.82) is 0 Å². The van der Waals surface area contributed by atoms with Gasteiger partial charge in [-0.05, 0) is 62.7 Å². The Hall–Kier alpha value is -1.68. The molecule has 0 N–H and O–H groups in total. The number of cyclic esters (lactones) is 1. The van der Waals surface area contributed by atoms with Crippen molar-refractivity contribution in [1.82, 2.24) is 0 Å². The predicted octanol–water partition coefficient (Wildman–Crippen LogP) is 5.61. The van der Waals surface area contributed by atoms with Gasteiger partial charge in [0.25, 0.3) is 0 Å². The first-order valence-electron chi connectivity index (χ1n) is 11.3. The maximum absolute atomic E-state index is 12.5. The van der Waals surface area contributed by atoms with Gasteiger partial charge >= 0.3 is 5.97 Å². The number of benzene rings is 1. The molecule has 1 unspecified atom stereocenters. The van der Waals surface area contributed by atoms with E-state index in [1.54, 1.807) is 0 Å². The number of fused-ring (bicyclic) bond motifs is 1. The molecular formula is C25H34O4. The third kappa shape index (κ3) is 3.76. The van der Waals surface area contributed by atoms with Gasteiger partial charge in [0.05, 0.1) is 0 Å². The highest BCUT2D eigenvalue weighted by Crippen LogP contribution is 2.57. The minimum absolute atomic E-state index is 0.180. The largest absolute Gasteiger partial charge is 0.429 e. The molecule has 3 fully saturated rings. The molecule has 0 spiro atoms. The average molecular weight is 399 g/mol. The number of carbonyl (C=O) groups excluding carboxylic acids is 2. The van der Waals surface area contributed by atoms with Gasteiger partial charge in [-0.1, -0.05) is 50.6 Å². The summed E-state index contributed by atoms with van der Waals surface area (Å²) < 4.78 is 11.6. The van der Waals surface area contributed by atoms with Crippen LogP contribution in [0.15, 0.2) is 30.3 Å². The topological polar surface area (TPSA) is 52.6 Å². The number of carbonyl (C=O) groups is 2. The standard InChI is InChI=1S/C25H34O4/c1-17(19-13-14-20-21(26)12-8-15-24(19,20)2)9-7-16-25(3)23(27)28-22(29-25)18-10-5-4-6-11-18/h4-6,10-11,17,19-20,22H,7-9,12-16H2,1-3H3/t17-,19-,20?,22-,24+,25-/m1/s1. The molecule has 29 heavy (non-hydrogen) atoms. The smallest absolute Gasteiger partial charge is 0.340 e. The monoisotopic (exact) mass is 398 g/mol. The molecule has 4 rings (SSSR count). The first-order valence-corrected chi connectivity index (χ1v) is 11.3. The Morgan fingerprint density at radius 1 is 1.14 bits per heavy atom. The molecule has 2 aliphatic carbocycles. The summed E-state index contributed by atoms with van der Waals surface area (Å²) in [5, 5.41) is 0. The number of Topliss-reactive ketones (excluding diaryl/α,β-unsaturated/α-hetero) is 1. The van der Waals surface area contributed by atoms with Crippen molar-refractivity contribution >= 4 is 11.8 Å². The molecule has 0 radical (unpaired) electrons. The molecule has 3 aliphatic rings. The fourth-order valence-corrected chi connectivity index (χ4v) is 6.30. The van der Waals surface area contributed by atoms with E-state index in [-0.39, 0.29) is 17.3 Å². The Morgan fingerprint density at radius 3 is 2.66 bits per heavy atom. The minimum atomic E-state index is -0.872. The molecule has 1 aromatic carbocycles. The summed E-state index contributed by atoms with van der Waals surface area (Å²) in [6.07, 6.45) is 7.30. The fraction of sp³-hybridized carbons (Fsp3) is 0.680. The second-order valence-corrected chi connectivity index (χ2v) is 9.93. The Morgan fingerprint density at radius 2 is 1.90 bits per heavy atom. The summed E-state index contributed by atoms with van der Waals surface area (Å²) in [4.78, 5) is 24.9. The first kappa shape index (κ1) is 20.6. The minimum Gasteiger partial charge on any atom is -0.429 e. The van der Waals surface area contributed by atoms with Crippen molar-refractivity contribution in [2.24, 2.45) is 23.2 Å². The number of esters is 1. The lowest BCUT2D eigenvalue weighted by molar-refractivity contribution is -0.145. The number of hydrogen-bond donors (Lipinski definition) is 0. The zero-order chi connectivity index (χ0) is 20.6. The number of rotatable bonds is 6. The highest BCUT2D eigenvalue weighted by atomic mass is 16.8. The summed E-state index contributed by atoms with van der Waals surface area (Å²) in [5.41, 5.74) is 0.188. The Kier molecular flexibility index (Phi) is 5.58. The van der Waals surface area contributed by atoms with Gasteiger partial charge in [0.2, 0.25) is 6.29 Å². The molecule has 1 aliphatic heterocycles. The molecule has 0 aromatic heterocycles. The first-order chi connectivity index (χ1) is 13.8. The highest BCUT2D eigenvalue weighted by Gasteiger charge is 2.52. The second kappa shape index (κ2) is 7.86. The van der Waals surface area contributed by atoms with Gasteiger partial charge in [-0.25, -0.2) is 4.79 Å². The molecule has 6 atom stereocenters. The van der Waals surface area contributed by atoms with Crippen LogP contribution in [-0.4, -0.2) is 17.4 Å². The SMILES string of the molecule is C[C@H](CCC[C@@]1(C)O[C@H](c2ccccc2)OC1=O)[C@H]1CCC2C(=O)CCC[C@]21C. The lowest BCUT2D eigenvalue weighted by Gasteiger charge is -2.42. The van der Waals surface area contributed by atoms with E-state index in [1.165, 1.54) is 12.8 Å². The lowest BCUT2D eigenvalue weighted by Crippen LogP contribution is -2.39. The second-order valence-electron chi connectivity index (χ2n) is 9.93. The van der Waals surface area contributed by atoms with Crippen LogP contribution in [0, 0.1) is 23.2 Å². The van der Waals surface area contributed by atoms with Crippen LogP contribution in [-0.2, 0) is 19.1 Å². The summed E-state index contributed by atoms with van der Waals surface area (Å²) >= 11 is 0. The van der Waals surface area contributed by atoms with Gasteiger partial charge in [0.15, 0.2) is 5.60 Å². The van der Waals surface area contributed by atoms with Crippen LogP contribution in [0.1, 0.15) is 84.0 Å². The molecule has 0 amide bonds. The van der Waals surface area contributed by atoms with Gasteiger partial charge in [-0.15, -0.1) is 0 Å². The van der Waals surface area contributed by atoms with E-state index in [0.717, 1.165) is 37.7 Å². The van der Waals surface area contributed by atoms with Gasteiger partial charge in [0.1, 0.15) is 5.78 Å². The quantitative estimate of drug-likeness (QED) is 0.585. The Balaban J connectivity index is 1.33. The van der Waals surface area contributed by atoms with Crippen LogP contribution in [0.25, 0.3) is 0 Å². The van der Waals surface area contributed by atoms with E-state index in [1.807, 2.05) is 37.3 Å². The third-order valence-corrected chi connectivity index (χ3v) is 8.02. The third-order valence-electron chi connectivity index (χ3n) is 8.02. The molecule has 158 valence electrons. The van der Waals surface area contributed by atoms with E-state index < -0.39 is 11.9 Å². The molecule has 4 heteroatoms. The normalized spacial score (nSPS) is 38.0. The summed E-state index contributed by atoms with van der Waals surface area (Å²) in [5.74, 6) is 1.68. The molecule has 0 bridgehead atoms. The zero-order valence-corrected chi connectivity index (χ0v) is 18.0. The van der Waals surface area contributed by atoms with Crippen LogP contribution in [0.2, 0.25) is 0 Å². The number of hydrogen-bond acceptors (Lipinski definition) is 4. The summed E-state index contributed by atoms with van der Waals surface area (Å²) in [6.45, 7) is 6.54. The fourth-order valence-electron chi connectivity index (χ4n) is 6.30. The molecule has 1 aromatic rings. The van der Waals surface area contributed by atoms with Gasteiger partial charge in [0, 0.05) is 17.9 Å². The van der Waals surface area contributed by atoms with Crippen molar-refractivity contribution in [3.63, 3.8) is 0 Å². The van der Waals surface area contributed by atoms with E-state index in [4.69, 9.17) is 9.47 Å².